The highest BCUT2D eigenvalue weighted by molar-refractivity contribution is 7.12. The van der Waals surface area contributed by atoms with Crippen molar-refractivity contribution >= 4 is 28.3 Å². The Morgan fingerprint density at radius 3 is 2.61 bits per heavy atom. The molecule has 1 amide bonds. The number of hydrogen-bond acceptors (Lipinski definition) is 5. The largest absolute Gasteiger partial charge is 0.497 e. The molecule has 0 N–H and O–H groups in total. The first-order valence-electron chi connectivity index (χ1n) is 10.4. The van der Waals surface area contributed by atoms with E-state index in [2.05, 4.69) is 11.1 Å². The van der Waals surface area contributed by atoms with Crippen LogP contribution in [0.25, 0.3) is 22.3 Å². The highest BCUT2D eigenvalue weighted by Gasteiger charge is 2.27. The fourth-order valence-electron chi connectivity index (χ4n) is 4.24. The number of hydrogen-bond donors (Lipinski definition) is 0. The molecule has 0 aliphatic carbocycles. The number of likely N-dealkylation sites (tertiary alicyclic amines) is 1. The molecule has 4 aromatic rings. The summed E-state index contributed by atoms with van der Waals surface area (Å²) < 4.78 is 7.34. The minimum absolute atomic E-state index is 0.141. The fraction of sp³-hybridized carbons (Fsp3) is 0.292. The van der Waals surface area contributed by atoms with Crippen LogP contribution in [0.1, 0.15) is 34.1 Å². The summed E-state index contributed by atoms with van der Waals surface area (Å²) in [7, 11) is 3.68. The van der Waals surface area contributed by atoms with Gasteiger partial charge in [-0.25, -0.2) is 4.98 Å². The van der Waals surface area contributed by atoms with Crippen molar-refractivity contribution in [2.24, 2.45) is 7.05 Å². The summed E-state index contributed by atoms with van der Waals surface area (Å²) in [5.41, 5.74) is 4.98. The summed E-state index contributed by atoms with van der Waals surface area (Å²) in [6.07, 6.45) is 3.66. The molecule has 3 aromatic heterocycles. The lowest BCUT2D eigenvalue weighted by Gasteiger charge is -2.31. The van der Waals surface area contributed by atoms with Crippen molar-refractivity contribution in [3.63, 3.8) is 0 Å². The minimum Gasteiger partial charge on any atom is -0.497 e. The van der Waals surface area contributed by atoms with E-state index in [-0.39, 0.29) is 5.91 Å². The standard InChI is InChI=1S/C24H24N4O2S/c1-27-15-25-23-20(27)14-19(26-22(23)17-5-7-18(30-2)8-6-17)16-9-11-28(12-10-16)24(29)21-4-3-13-31-21/h3-8,13-16H,9-12H2,1-2H3. The maximum absolute atomic E-state index is 12.7. The van der Waals surface area contributed by atoms with Gasteiger partial charge in [-0.05, 0) is 54.6 Å². The number of carbonyl (C=O) groups is 1. The maximum atomic E-state index is 12.7. The molecule has 0 atom stereocenters. The number of ether oxygens (including phenoxy) is 1. The molecule has 1 aromatic carbocycles. The molecule has 0 bridgehead atoms. The van der Waals surface area contributed by atoms with Crippen LogP contribution in [0.3, 0.4) is 0 Å². The van der Waals surface area contributed by atoms with Crippen molar-refractivity contribution in [2.75, 3.05) is 20.2 Å². The normalized spacial score (nSPS) is 14.8. The quantitative estimate of drug-likeness (QED) is 0.468. The van der Waals surface area contributed by atoms with Crippen molar-refractivity contribution in [1.82, 2.24) is 19.4 Å². The van der Waals surface area contributed by atoms with E-state index in [1.165, 1.54) is 11.3 Å². The van der Waals surface area contributed by atoms with Gasteiger partial charge >= 0.3 is 0 Å². The Morgan fingerprint density at radius 1 is 1.16 bits per heavy atom. The lowest BCUT2D eigenvalue weighted by molar-refractivity contribution is 0.0717. The Bertz CT molecular complexity index is 1210. The number of aromatic nitrogens is 3. The average molecular weight is 433 g/mol. The van der Waals surface area contributed by atoms with Crippen LogP contribution in [0.15, 0.2) is 54.2 Å². The van der Waals surface area contributed by atoms with Gasteiger partial charge in [-0.3, -0.25) is 9.78 Å². The number of amides is 1. The number of piperidine rings is 1. The summed E-state index contributed by atoms with van der Waals surface area (Å²) in [5, 5.41) is 1.95. The minimum atomic E-state index is 0.141. The van der Waals surface area contributed by atoms with Crippen LogP contribution in [-0.2, 0) is 7.05 Å². The van der Waals surface area contributed by atoms with E-state index in [1.54, 1.807) is 7.11 Å². The van der Waals surface area contributed by atoms with Crippen molar-refractivity contribution < 1.29 is 9.53 Å². The van der Waals surface area contributed by atoms with E-state index in [1.807, 2.05) is 64.6 Å². The molecule has 0 unspecified atom stereocenters. The number of fused-ring (bicyclic) bond motifs is 1. The first-order chi connectivity index (χ1) is 15.1. The number of carbonyl (C=O) groups excluding carboxylic acids is 1. The third-order valence-electron chi connectivity index (χ3n) is 6.03. The molecular weight excluding hydrogens is 408 g/mol. The number of methoxy groups -OCH3 is 1. The topological polar surface area (TPSA) is 60.2 Å². The van der Waals surface area contributed by atoms with Gasteiger partial charge in [-0.1, -0.05) is 6.07 Å². The first kappa shape index (κ1) is 19.8. The van der Waals surface area contributed by atoms with Gasteiger partial charge in [0.1, 0.15) is 11.3 Å². The van der Waals surface area contributed by atoms with Crippen LogP contribution >= 0.6 is 11.3 Å². The molecule has 6 nitrogen and oxygen atoms in total. The zero-order valence-corrected chi connectivity index (χ0v) is 18.4. The fourth-order valence-corrected chi connectivity index (χ4v) is 4.93. The van der Waals surface area contributed by atoms with E-state index < -0.39 is 0 Å². The molecule has 1 aliphatic heterocycles. The summed E-state index contributed by atoms with van der Waals surface area (Å²) in [6, 6.07) is 14.0. The lowest BCUT2D eigenvalue weighted by Crippen LogP contribution is -2.37. The number of imidazole rings is 1. The maximum Gasteiger partial charge on any atom is 0.263 e. The van der Waals surface area contributed by atoms with Crippen molar-refractivity contribution in [2.45, 2.75) is 18.8 Å². The van der Waals surface area contributed by atoms with Crippen LogP contribution in [0, 0.1) is 0 Å². The third-order valence-corrected chi connectivity index (χ3v) is 6.89. The predicted octanol–water partition coefficient (Wildman–Crippen LogP) is 4.73. The first-order valence-corrected chi connectivity index (χ1v) is 11.3. The van der Waals surface area contributed by atoms with Crippen molar-refractivity contribution in [1.29, 1.82) is 0 Å². The second-order valence-corrected chi connectivity index (χ2v) is 8.84. The van der Waals surface area contributed by atoms with Crippen molar-refractivity contribution in [3.8, 4) is 17.0 Å². The van der Waals surface area contributed by atoms with Gasteiger partial charge in [0.2, 0.25) is 0 Å². The summed E-state index contributed by atoms with van der Waals surface area (Å²) in [4.78, 5) is 25.1. The number of rotatable bonds is 4. The summed E-state index contributed by atoms with van der Waals surface area (Å²) in [5.74, 6) is 1.28. The molecule has 1 aliphatic rings. The second kappa shape index (κ2) is 8.15. The van der Waals surface area contributed by atoms with Gasteiger partial charge in [0.15, 0.2) is 0 Å². The Balaban J connectivity index is 1.44. The Kier molecular flexibility index (Phi) is 5.19. The van der Waals surface area contributed by atoms with E-state index >= 15 is 0 Å². The zero-order valence-electron chi connectivity index (χ0n) is 17.6. The Labute approximate surface area is 185 Å². The molecule has 0 saturated carbocycles. The van der Waals surface area contributed by atoms with Crippen LogP contribution in [0.4, 0.5) is 0 Å². The SMILES string of the molecule is COc1ccc(-c2nc(C3CCN(C(=O)c4cccs4)CC3)cc3c2ncn3C)cc1. The Morgan fingerprint density at radius 2 is 1.94 bits per heavy atom. The monoisotopic (exact) mass is 432 g/mol. The predicted molar refractivity (Wildman–Crippen MR) is 123 cm³/mol. The highest BCUT2D eigenvalue weighted by Crippen LogP contribution is 2.34. The van der Waals surface area contributed by atoms with Crippen molar-refractivity contribution in [3.05, 3.63) is 64.7 Å². The van der Waals surface area contributed by atoms with E-state index in [4.69, 9.17) is 9.72 Å². The molecule has 1 saturated heterocycles. The average Bonchev–Trinajstić information content (AvgIpc) is 3.49. The number of nitrogens with zero attached hydrogens (tertiary/aromatic N) is 4. The molecule has 0 radical (unpaired) electrons. The highest BCUT2D eigenvalue weighted by atomic mass is 32.1. The van der Waals surface area contributed by atoms with Crippen LogP contribution < -0.4 is 4.74 Å². The van der Waals surface area contributed by atoms with Gasteiger partial charge < -0.3 is 14.2 Å². The molecule has 7 heteroatoms. The second-order valence-electron chi connectivity index (χ2n) is 7.89. The van der Waals surface area contributed by atoms with Crippen LogP contribution in [0.5, 0.6) is 5.75 Å². The van der Waals surface area contributed by atoms with E-state index in [9.17, 15) is 4.79 Å². The van der Waals surface area contributed by atoms with Gasteiger partial charge in [0.05, 0.1) is 29.5 Å². The molecular formula is C24H24N4O2S. The van der Waals surface area contributed by atoms with Crippen LogP contribution in [-0.4, -0.2) is 45.5 Å². The molecule has 158 valence electrons. The van der Waals surface area contributed by atoms with Gasteiger partial charge in [-0.2, -0.15) is 0 Å². The lowest BCUT2D eigenvalue weighted by atomic mass is 9.92. The van der Waals surface area contributed by atoms with E-state index in [0.29, 0.717) is 5.92 Å². The van der Waals surface area contributed by atoms with E-state index in [0.717, 1.165) is 64.5 Å². The molecule has 31 heavy (non-hydrogen) atoms. The molecule has 5 rings (SSSR count). The number of pyridine rings is 1. The Hall–Kier alpha value is -3.19. The number of benzene rings is 1. The van der Waals surface area contributed by atoms with Crippen LogP contribution in [0.2, 0.25) is 0 Å². The summed E-state index contributed by atoms with van der Waals surface area (Å²) >= 11 is 1.51. The number of aryl methyl sites for hydroxylation is 1. The zero-order chi connectivity index (χ0) is 21.4. The molecule has 1 fully saturated rings. The van der Waals surface area contributed by atoms with Gasteiger partial charge in [0, 0.05) is 37.3 Å². The summed E-state index contributed by atoms with van der Waals surface area (Å²) in [6.45, 7) is 1.51. The molecule has 0 spiro atoms. The van der Waals surface area contributed by atoms with Gasteiger partial charge in [-0.15, -0.1) is 11.3 Å². The molecule has 4 heterocycles. The third kappa shape index (κ3) is 3.70. The number of thiophene rings is 1. The smallest absolute Gasteiger partial charge is 0.263 e. The van der Waals surface area contributed by atoms with Gasteiger partial charge in [0.25, 0.3) is 5.91 Å².